The molecule has 0 saturated carbocycles. The molecule has 1 aromatic heterocycles. The lowest BCUT2D eigenvalue weighted by atomic mass is 10.3. The van der Waals surface area contributed by atoms with Crippen LogP contribution in [-0.2, 0) is 9.53 Å². The van der Waals surface area contributed by atoms with Gasteiger partial charge in [-0.05, 0) is 31.0 Å². The van der Waals surface area contributed by atoms with Gasteiger partial charge in [0, 0.05) is 31.2 Å². The highest BCUT2D eigenvalue weighted by molar-refractivity contribution is 7.99. The van der Waals surface area contributed by atoms with Crippen molar-refractivity contribution in [3.8, 4) is 5.69 Å². The number of anilines is 1. The Labute approximate surface area is 167 Å². The quantitative estimate of drug-likeness (QED) is 0.709. The van der Waals surface area contributed by atoms with Gasteiger partial charge in [0.2, 0.25) is 11.9 Å². The van der Waals surface area contributed by atoms with Crippen molar-refractivity contribution in [2.75, 3.05) is 50.0 Å². The Kier molecular flexibility index (Phi) is 5.85. The molecule has 0 spiro atoms. The first-order chi connectivity index (χ1) is 13.2. The molecule has 1 amide bonds. The van der Waals surface area contributed by atoms with Gasteiger partial charge >= 0.3 is 0 Å². The van der Waals surface area contributed by atoms with E-state index < -0.39 is 0 Å². The molecule has 4 rings (SSSR count). The van der Waals surface area contributed by atoms with Crippen LogP contribution in [0.15, 0.2) is 29.4 Å². The van der Waals surface area contributed by atoms with Gasteiger partial charge in [0.05, 0.1) is 24.7 Å². The van der Waals surface area contributed by atoms with Gasteiger partial charge in [0.15, 0.2) is 5.16 Å². The number of rotatable bonds is 5. The molecule has 0 N–H and O–H groups in total. The van der Waals surface area contributed by atoms with Gasteiger partial charge in [-0.2, -0.15) is 0 Å². The van der Waals surface area contributed by atoms with E-state index in [0.29, 0.717) is 42.2 Å². The van der Waals surface area contributed by atoms with Crippen LogP contribution in [0.25, 0.3) is 5.69 Å². The Morgan fingerprint density at radius 2 is 1.93 bits per heavy atom. The van der Waals surface area contributed by atoms with E-state index in [1.165, 1.54) is 11.8 Å². The predicted octanol–water partition coefficient (Wildman–Crippen LogP) is 2.47. The zero-order valence-corrected chi connectivity index (χ0v) is 16.6. The average molecular weight is 408 g/mol. The molecule has 2 saturated heterocycles. The Balaban J connectivity index is 1.57. The van der Waals surface area contributed by atoms with Gasteiger partial charge < -0.3 is 14.5 Å². The van der Waals surface area contributed by atoms with Crippen LogP contribution in [0.4, 0.5) is 5.95 Å². The molecule has 0 unspecified atom stereocenters. The minimum absolute atomic E-state index is 0.103. The topological polar surface area (TPSA) is 63.5 Å². The monoisotopic (exact) mass is 407 g/mol. The van der Waals surface area contributed by atoms with Crippen LogP contribution in [-0.4, -0.2) is 70.7 Å². The Bertz CT molecular complexity index is 803. The van der Waals surface area contributed by atoms with Gasteiger partial charge in [-0.3, -0.25) is 9.36 Å². The maximum Gasteiger partial charge on any atom is 0.233 e. The molecule has 9 heteroatoms. The molecule has 2 fully saturated rings. The smallest absolute Gasteiger partial charge is 0.233 e. The summed E-state index contributed by atoms with van der Waals surface area (Å²) in [5.74, 6) is 1.25. The third-order valence-corrected chi connectivity index (χ3v) is 5.91. The standard InChI is InChI=1S/C18H22ClN5O2S/c19-14-4-3-5-15(12-14)24-17(23-6-1-2-7-23)20-21-18(24)27-13-16(25)22-8-10-26-11-9-22/h3-5,12H,1-2,6-11,13H2. The van der Waals surface area contributed by atoms with Gasteiger partial charge in [-0.25, -0.2) is 0 Å². The average Bonchev–Trinajstić information content (AvgIpc) is 3.36. The number of morpholine rings is 1. The number of carbonyl (C=O) groups excluding carboxylic acids is 1. The normalized spacial score (nSPS) is 17.5. The van der Waals surface area contributed by atoms with Crippen LogP contribution in [0.1, 0.15) is 12.8 Å². The lowest BCUT2D eigenvalue weighted by Gasteiger charge is -2.26. The number of ether oxygens (including phenoxy) is 1. The largest absolute Gasteiger partial charge is 0.378 e. The molecule has 0 bridgehead atoms. The van der Waals surface area contributed by atoms with Crippen LogP contribution < -0.4 is 4.90 Å². The molecule has 2 aliphatic heterocycles. The number of thioether (sulfide) groups is 1. The molecule has 2 aromatic rings. The summed E-state index contributed by atoms with van der Waals surface area (Å²) in [6.07, 6.45) is 2.31. The highest BCUT2D eigenvalue weighted by Gasteiger charge is 2.24. The molecular formula is C18H22ClN5O2S. The Morgan fingerprint density at radius 3 is 2.67 bits per heavy atom. The number of amides is 1. The number of benzene rings is 1. The molecule has 7 nitrogen and oxygen atoms in total. The second-order valence-electron chi connectivity index (χ2n) is 6.57. The fourth-order valence-corrected chi connectivity index (χ4v) is 4.38. The van der Waals surface area contributed by atoms with E-state index in [-0.39, 0.29) is 5.91 Å². The molecular weight excluding hydrogens is 386 g/mol. The summed E-state index contributed by atoms with van der Waals surface area (Å²) >= 11 is 7.62. The van der Waals surface area contributed by atoms with E-state index in [1.54, 1.807) is 0 Å². The van der Waals surface area contributed by atoms with Crippen molar-refractivity contribution < 1.29 is 9.53 Å². The number of nitrogens with zero attached hydrogens (tertiary/aromatic N) is 5. The number of hydrogen-bond acceptors (Lipinski definition) is 6. The van der Waals surface area contributed by atoms with Crippen LogP contribution in [0, 0.1) is 0 Å². The number of aromatic nitrogens is 3. The van der Waals surface area contributed by atoms with Crippen molar-refractivity contribution in [1.29, 1.82) is 0 Å². The van der Waals surface area contributed by atoms with Crippen LogP contribution >= 0.6 is 23.4 Å². The summed E-state index contributed by atoms with van der Waals surface area (Å²) in [4.78, 5) is 16.6. The SMILES string of the molecule is O=C(CSc1nnc(N2CCCC2)n1-c1cccc(Cl)c1)N1CCOCC1. The van der Waals surface area contributed by atoms with Gasteiger partial charge in [-0.15, -0.1) is 10.2 Å². The summed E-state index contributed by atoms with van der Waals surface area (Å²) in [5, 5.41) is 10.2. The molecule has 27 heavy (non-hydrogen) atoms. The summed E-state index contributed by atoms with van der Waals surface area (Å²) in [6, 6.07) is 7.65. The second-order valence-corrected chi connectivity index (χ2v) is 7.95. The third kappa shape index (κ3) is 4.23. The maximum atomic E-state index is 12.5. The molecule has 1 aromatic carbocycles. The Hall–Kier alpha value is -1.77. The van der Waals surface area contributed by atoms with Crippen molar-refractivity contribution in [3.05, 3.63) is 29.3 Å². The highest BCUT2D eigenvalue weighted by Crippen LogP contribution is 2.29. The molecule has 0 atom stereocenters. The van der Waals surface area contributed by atoms with E-state index in [0.717, 1.165) is 37.6 Å². The molecule has 3 heterocycles. The highest BCUT2D eigenvalue weighted by atomic mass is 35.5. The first-order valence-electron chi connectivity index (χ1n) is 9.17. The van der Waals surface area contributed by atoms with Gasteiger partial charge in [0.25, 0.3) is 0 Å². The zero-order chi connectivity index (χ0) is 18.6. The number of hydrogen-bond donors (Lipinski definition) is 0. The van der Waals surface area contributed by atoms with Crippen molar-refractivity contribution in [3.63, 3.8) is 0 Å². The lowest BCUT2D eigenvalue weighted by molar-refractivity contribution is -0.132. The summed E-state index contributed by atoms with van der Waals surface area (Å²) < 4.78 is 7.32. The minimum Gasteiger partial charge on any atom is -0.378 e. The second kappa shape index (κ2) is 8.50. The maximum absolute atomic E-state index is 12.5. The fraction of sp³-hybridized carbons (Fsp3) is 0.500. The van der Waals surface area contributed by atoms with E-state index in [1.807, 2.05) is 33.7 Å². The van der Waals surface area contributed by atoms with Gasteiger partial charge in [0.1, 0.15) is 0 Å². The summed E-state index contributed by atoms with van der Waals surface area (Å²) in [6.45, 7) is 4.45. The first kappa shape index (κ1) is 18.6. The van der Waals surface area contributed by atoms with Crippen LogP contribution in [0.2, 0.25) is 5.02 Å². The van der Waals surface area contributed by atoms with Crippen LogP contribution in [0.3, 0.4) is 0 Å². The number of halogens is 1. The summed E-state index contributed by atoms with van der Waals surface area (Å²) in [7, 11) is 0. The minimum atomic E-state index is 0.103. The van der Waals surface area contributed by atoms with E-state index >= 15 is 0 Å². The van der Waals surface area contributed by atoms with Crippen molar-refractivity contribution in [2.45, 2.75) is 18.0 Å². The third-order valence-electron chi connectivity index (χ3n) is 4.76. The molecule has 144 valence electrons. The molecule has 0 radical (unpaired) electrons. The van der Waals surface area contributed by atoms with E-state index in [9.17, 15) is 4.79 Å². The number of carbonyl (C=O) groups is 1. The van der Waals surface area contributed by atoms with E-state index in [2.05, 4.69) is 15.1 Å². The lowest BCUT2D eigenvalue weighted by Crippen LogP contribution is -2.41. The first-order valence-corrected chi connectivity index (χ1v) is 10.5. The fourth-order valence-electron chi connectivity index (χ4n) is 3.35. The van der Waals surface area contributed by atoms with Crippen molar-refractivity contribution in [1.82, 2.24) is 19.7 Å². The summed E-state index contributed by atoms with van der Waals surface area (Å²) in [5.41, 5.74) is 0.913. The molecule has 0 aliphatic carbocycles. The molecule has 2 aliphatic rings. The van der Waals surface area contributed by atoms with Gasteiger partial charge in [-0.1, -0.05) is 29.4 Å². The van der Waals surface area contributed by atoms with Crippen molar-refractivity contribution >= 4 is 35.2 Å². The zero-order valence-electron chi connectivity index (χ0n) is 15.0. The van der Waals surface area contributed by atoms with Crippen molar-refractivity contribution in [2.24, 2.45) is 0 Å². The Morgan fingerprint density at radius 1 is 1.15 bits per heavy atom. The van der Waals surface area contributed by atoms with Crippen LogP contribution in [0.5, 0.6) is 0 Å². The van der Waals surface area contributed by atoms with E-state index in [4.69, 9.17) is 16.3 Å². The predicted molar refractivity (Wildman–Crippen MR) is 106 cm³/mol.